The van der Waals surface area contributed by atoms with Crippen LogP contribution in [0.1, 0.15) is 75.8 Å². The van der Waals surface area contributed by atoms with Crippen molar-refractivity contribution in [1.82, 2.24) is 20.3 Å². The van der Waals surface area contributed by atoms with Crippen molar-refractivity contribution >= 4 is 23.1 Å². The molecule has 0 radical (unpaired) electrons. The minimum atomic E-state index is -2.19. The van der Waals surface area contributed by atoms with E-state index in [9.17, 15) is 0 Å². The van der Waals surface area contributed by atoms with Crippen LogP contribution in [-0.4, -0.2) is 72.5 Å². The van der Waals surface area contributed by atoms with Crippen LogP contribution in [-0.2, 0) is 22.4 Å². The van der Waals surface area contributed by atoms with Crippen LogP contribution in [0.3, 0.4) is 0 Å². The second-order valence-corrected chi connectivity index (χ2v) is 9.62. The second-order valence-electron chi connectivity index (χ2n) is 9.62. The van der Waals surface area contributed by atoms with E-state index in [1.165, 1.54) is 46.9 Å². The largest absolute Gasteiger partial charge is 0.543 e. The van der Waals surface area contributed by atoms with Gasteiger partial charge in [-0.05, 0) is 12.8 Å². The number of carbonyl (C=O) groups excluding carboxylic acids is 2. The molecular weight excluding hydrogens is 492 g/mol. The van der Waals surface area contributed by atoms with Gasteiger partial charge in [0, 0.05) is 25.7 Å². The van der Waals surface area contributed by atoms with Gasteiger partial charge < -0.3 is 38.6 Å². The molecule has 2 atom stereocenters. The number of aliphatic carboxylic acids is 2. The summed E-state index contributed by atoms with van der Waals surface area (Å²) in [6.07, 6.45) is 13.1. The number of carbonyl (C=O) groups is 2. The summed E-state index contributed by atoms with van der Waals surface area (Å²) in [6, 6.07) is 0. The maximum atomic E-state index is 8.93. The molecule has 2 N–H and O–H groups in total. The van der Waals surface area contributed by atoms with Gasteiger partial charge in [-0.15, -0.1) is 0 Å². The van der Waals surface area contributed by atoms with Crippen LogP contribution < -0.4 is 20.0 Å². The van der Waals surface area contributed by atoms with Crippen LogP contribution in [0.25, 0.3) is 11.1 Å². The van der Waals surface area contributed by atoms with Gasteiger partial charge in [-0.3, -0.25) is 0 Å². The predicted molar refractivity (Wildman–Crippen MR) is 134 cm³/mol. The maximum Gasteiger partial charge on any atom is 0.259 e. The lowest BCUT2D eigenvalue weighted by Gasteiger charge is -2.17. The summed E-state index contributed by atoms with van der Waals surface area (Å²) in [4.78, 5) is 29.8. The molecule has 2 unspecified atom stereocenters. The smallest absolute Gasteiger partial charge is 0.259 e. The number of rotatable bonds is 8. The Balaban J connectivity index is 0.000000221. The fourth-order valence-corrected chi connectivity index (χ4v) is 3.92. The topological polar surface area (TPSA) is 167 Å². The summed E-state index contributed by atoms with van der Waals surface area (Å²) >= 11 is 0. The third-order valence-electron chi connectivity index (χ3n) is 6.07. The van der Waals surface area contributed by atoms with Crippen LogP contribution >= 0.6 is 0 Å². The van der Waals surface area contributed by atoms with E-state index in [-0.39, 0.29) is 0 Å². The summed E-state index contributed by atoms with van der Waals surface area (Å²) in [5.41, 5.74) is 2.41. The van der Waals surface area contributed by atoms with Gasteiger partial charge in [-0.2, -0.15) is 9.97 Å². The first-order valence-corrected chi connectivity index (χ1v) is 13.3. The summed E-state index contributed by atoms with van der Waals surface area (Å²) in [5, 5.41) is 25.9. The lowest BCUT2D eigenvalue weighted by atomic mass is 10.1. The molecule has 2 aliphatic rings. The van der Waals surface area contributed by atoms with E-state index in [2.05, 4.69) is 60.4 Å². The molecule has 4 rings (SSSR count). The molecule has 0 saturated carbocycles. The number of quaternary nitrogens is 2. The molecule has 0 bridgehead atoms. The lowest BCUT2D eigenvalue weighted by molar-refractivity contribution is -0.872. The van der Waals surface area contributed by atoms with Gasteiger partial charge in [0.2, 0.25) is 0 Å². The van der Waals surface area contributed by atoms with Crippen molar-refractivity contribution in [3.63, 3.8) is 0 Å². The molecule has 2 aromatic rings. The Morgan fingerprint density at radius 2 is 1.18 bits per heavy atom. The molecular formula is C26H40N6O6. The number of hydrogen-bond acceptors (Lipinski definition) is 10. The van der Waals surface area contributed by atoms with Crippen LogP contribution in [0.2, 0.25) is 0 Å². The minimum Gasteiger partial charge on any atom is -0.543 e. The Bertz CT molecular complexity index is 992. The van der Waals surface area contributed by atoms with Crippen molar-refractivity contribution in [2.45, 2.75) is 65.2 Å². The molecule has 0 aliphatic carbocycles. The highest BCUT2D eigenvalue weighted by molar-refractivity contribution is 6.25. The SMILES string of the molecule is CCCCc1noc(C2=CCC[NH+](C)C2)n1.CCCCc1noc(C2=CCC[NH+](C)C2)n1.O=C([O-])C(=O)[O-]. The van der Waals surface area contributed by atoms with Gasteiger partial charge in [0.1, 0.15) is 13.1 Å². The predicted octanol–water partition coefficient (Wildman–Crippen LogP) is -2.09. The quantitative estimate of drug-likeness (QED) is 0.360. The zero-order valence-corrected chi connectivity index (χ0v) is 22.9. The van der Waals surface area contributed by atoms with Gasteiger partial charge in [-0.25, -0.2) is 0 Å². The number of nitrogens with one attached hydrogen (secondary N) is 2. The van der Waals surface area contributed by atoms with Crippen molar-refractivity contribution in [2.24, 2.45) is 0 Å². The number of hydrogen-bond donors (Lipinski definition) is 2. The molecule has 12 heteroatoms. The van der Waals surface area contributed by atoms with E-state index in [0.29, 0.717) is 0 Å². The molecule has 0 saturated heterocycles. The zero-order valence-electron chi connectivity index (χ0n) is 22.9. The molecule has 0 amide bonds. The highest BCUT2D eigenvalue weighted by Gasteiger charge is 2.19. The normalized spacial score (nSPS) is 18.7. The molecule has 0 spiro atoms. The first-order chi connectivity index (χ1) is 18.2. The number of aryl methyl sites for hydroxylation is 2. The van der Waals surface area contributed by atoms with E-state index in [1.807, 2.05) is 0 Å². The molecule has 2 aliphatic heterocycles. The third kappa shape index (κ3) is 10.9. The van der Waals surface area contributed by atoms with Crippen molar-refractivity contribution in [3.05, 3.63) is 35.6 Å². The van der Waals surface area contributed by atoms with Crippen LogP contribution in [0.5, 0.6) is 0 Å². The lowest BCUT2D eigenvalue weighted by Crippen LogP contribution is -3.09. The molecule has 38 heavy (non-hydrogen) atoms. The van der Waals surface area contributed by atoms with Crippen molar-refractivity contribution in [3.8, 4) is 0 Å². The molecule has 0 aromatic carbocycles. The fourth-order valence-electron chi connectivity index (χ4n) is 3.92. The number of carboxylic acids is 2. The highest BCUT2D eigenvalue weighted by Crippen LogP contribution is 2.14. The molecule has 0 fully saturated rings. The third-order valence-corrected chi connectivity index (χ3v) is 6.07. The minimum absolute atomic E-state index is 0.727. The standard InChI is InChI=1S/2C12H19N3O.C2H2O4/c2*1-3-4-7-11-13-12(16-14-11)10-6-5-8-15(2)9-10;3-1(4)2(5)6/h2*6H,3-5,7-9H2,1-2H3;(H,3,4)(H,5,6). The van der Waals surface area contributed by atoms with E-state index >= 15 is 0 Å². The summed E-state index contributed by atoms with van der Waals surface area (Å²) in [5.74, 6) is -1.22. The van der Waals surface area contributed by atoms with Crippen molar-refractivity contribution in [2.75, 3.05) is 40.3 Å². The molecule has 12 nitrogen and oxygen atoms in total. The Kier molecular flexibility index (Phi) is 13.4. The van der Waals surface area contributed by atoms with Crippen molar-refractivity contribution in [1.29, 1.82) is 0 Å². The average molecular weight is 533 g/mol. The first kappa shape index (κ1) is 30.8. The number of aromatic nitrogens is 4. The monoisotopic (exact) mass is 532 g/mol. The zero-order chi connectivity index (χ0) is 27.9. The van der Waals surface area contributed by atoms with Gasteiger partial charge in [-0.1, -0.05) is 49.2 Å². The molecule has 210 valence electrons. The Morgan fingerprint density at radius 3 is 1.50 bits per heavy atom. The van der Waals surface area contributed by atoms with E-state index < -0.39 is 11.9 Å². The molecule has 2 aromatic heterocycles. The van der Waals surface area contributed by atoms with E-state index in [1.54, 1.807) is 0 Å². The van der Waals surface area contributed by atoms with Gasteiger partial charge in [0.15, 0.2) is 11.6 Å². The Hall–Kier alpha value is -3.38. The van der Waals surface area contributed by atoms with E-state index in [0.717, 1.165) is 75.0 Å². The Morgan fingerprint density at radius 1 is 0.789 bits per heavy atom. The average Bonchev–Trinajstić information content (AvgIpc) is 3.57. The van der Waals surface area contributed by atoms with Gasteiger partial charge in [0.25, 0.3) is 11.8 Å². The number of nitrogens with zero attached hydrogens (tertiary/aromatic N) is 4. The van der Waals surface area contributed by atoms with Crippen LogP contribution in [0.15, 0.2) is 21.2 Å². The number of likely N-dealkylation sites (N-methyl/N-ethyl adjacent to an activating group) is 2. The number of unbranched alkanes of at least 4 members (excludes halogenated alkanes) is 2. The van der Waals surface area contributed by atoms with Gasteiger partial charge >= 0.3 is 0 Å². The van der Waals surface area contributed by atoms with Crippen LogP contribution in [0, 0.1) is 0 Å². The summed E-state index contributed by atoms with van der Waals surface area (Å²) in [6.45, 7) is 8.72. The van der Waals surface area contributed by atoms with Crippen molar-refractivity contribution < 1.29 is 38.6 Å². The van der Waals surface area contributed by atoms with Crippen LogP contribution in [0.4, 0.5) is 0 Å². The number of carboxylic acid groups (broad SMARTS) is 2. The Labute approximate surface area is 223 Å². The summed E-state index contributed by atoms with van der Waals surface area (Å²) < 4.78 is 10.6. The maximum absolute atomic E-state index is 8.93. The fraction of sp³-hybridized carbons (Fsp3) is 0.615. The highest BCUT2D eigenvalue weighted by atomic mass is 16.5. The van der Waals surface area contributed by atoms with E-state index in [4.69, 9.17) is 28.8 Å². The second kappa shape index (κ2) is 16.5. The molecule has 4 heterocycles. The first-order valence-electron chi connectivity index (χ1n) is 13.3. The summed E-state index contributed by atoms with van der Waals surface area (Å²) in [7, 11) is 4.39. The van der Waals surface area contributed by atoms with Gasteiger partial charge in [0.05, 0.1) is 50.3 Å².